The summed E-state index contributed by atoms with van der Waals surface area (Å²) in [6.07, 6.45) is 2.39. The summed E-state index contributed by atoms with van der Waals surface area (Å²) in [6.45, 7) is 12.5. The van der Waals surface area contributed by atoms with Gasteiger partial charge in [-0.15, -0.1) is 0 Å². The molecule has 0 spiro atoms. The van der Waals surface area contributed by atoms with Crippen LogP contribution in [0.2, 0.25) is 0 Å². The average Bonchev–Trinajstić information content (AvgIpc) is 2.34. The molecule has 1 aliphatic rings. The molecule has 0 radical (unpaired) electrons. The topological polar surface area (TPSA) is 24.5 Å². The van der Waals surface area contributed by atoms with Gasteiger partial charge in [0.05, 0.1) is 0 Å². The van der Waals surface area contributed by atoms with Crippen LogP contribution in [0.25, 0.3) is 0 Å². The fourth-order valence-corrected chi connectivity index (χ4v) is 2.72. The highest BCUT2D eigenvalue weighted by Crippen LogP contribution is 2.21. The fourth-order valence-electron chi connectivity index (χ4n) is 2.72. The van der Waals surface area contributed by atoms with E-state index in [2.05, 4.69) is 37.9 Å². The normalized spacial score (nSPS) is 30.2. The van der Waals surface area contributed by atoms with Gasteiger partial charge in [0.2, 0.25) is 0 Å². The predicted octanol–water partition coefficient (Wildman–Crippen LogP) is 2.12. The van der Waals surface area contributed by atoms with Crippen LogP contribution in [-0.2, 0) is 4.74 Å². The number of ether oxygens (including phenoxy) is 1. The second-order valence-corrected chi connectivity index (χ2v) is 5.59. The highest BCUT2D eigenvalue weighted by Gasteiger charge is 2.31. The lowest BCUT2D eigenvalue weighted by Crippen LogP contribution is -2.60. The Morgan fingerprint density at radius 1 is 1.41 bits per heavy atom. The van der Waals surface area contributed by atoms with Gasteiger partial charge in [0.15, 0.2) is 0 Å². The lowest BCUT2D eigenvalue weighted by atomic mass is 9.93. The second kappa shape index (κ2) is 7.34. The van der Waals surface area contributed by atoms with Crippen molar-refractivity contribution in [2.24, 2.45) is 5.92 Å². The molecule has 1 rings (SSSR count). The van der Waals surface area contributed by atoms with Crippen molar-refractivity contribution >= 4 is 0 Å². The molecule has 1 aliphatic heterocycles. The van der Waals surface area contributed by atoms with Crippen molar-refractivity contribution in [3.05, 3.63) is 0 Å². The molecular formula is C14H30N2O. The molecule has 0 saturated carbocycles. The molecule has 17 heavy (non-hydrogen) atoms. The highest BCUT2D eigenvalue weighted by molar-refractivity contribution is 4.89. The number of nitrogens with one attached hydrogen (secondary N) is 1. The van der Waals surface area contributed by atoms with Crippen molar-refractivity contribution in [1.82, 2.24) is 10.2 Å². The molecule has 1 heterocycles. The van der Waals surface area contributed by atoms with Gasteiger partial charge in [0.25, 0.3) is 0 Å². The lowest BCUT2D eigenvalue weighted by Gasteiger charge is -2.45. The van der Waals surface area contributed by atoms with Gasteiger partial charge in [-0.1, -0.05) is 20.3 Å². The van der Waals surface area contributed by atoms with Crippen LogP contribution in [0.3, 0.4) is 0 Å². The maximum absolute atomic E-state index is 5.21. The first-order valence-corrected chi connectivity index (χ1v) is 7.08. The van der Waals surface area contributed by atoms with Crippen LogP contribution in [0, 0.1) is 5.92 Å². The molecule has 1 N–H and O–H groups in total. The molecule has 0 amide bonds. The minimum atomic E-state index is 0.611. The van der Waals surface area contributed by atoms with Crippen LogP contribution in [0.4, 0.5) is 0 Å². The Hall–Kier alpha value is -0.120. The summed E-state index contributed by atoms with van der Waals surface area (Å²) in [7, 11) is 1.79. The standard InChI is InChI=1S/C14H30N2O/c1-6-11(2)14-9-15-12(3)10-16(14)13(4)7-8-17-5/h11-15H,6-10H2,1-5H3. The smallest absolute Gasteiger partial charge is 0.0477 e. The van der Waals surface area contributed by atoms with E-state index >= 15 is 0 Å². The van der Waals surface area contributed by atoms with Crippen molar-refractivity contribution < 1.29 is 4.74 Å². The third-order valence-corrected chi connectivity index (χ3v) is 4.19. The fraction of sp³-hybridized carbons (Fsp3) is 1.00. The number of hydrogen-bond acceptors (Lipinski definition) is 3. The van der Waals surface area contributed by atoms with E-state index in [1.54, 1.807) is 7.11 Å². The molecule has 102 valence electrons. The van der Waals surface area contributed by atoms with Crippen molar-refractivity contribution in [2.45, 2.75) is 58.7 Å². The van der Waals surface area contributed by atoms with Crippen LogP contribution >= 0.6 is 0 Å². The largest absolute Gasteiger partial charge is 0.385 e. The quantitative estimate of drug-likeness (QED) is 0.772. The van der Waals surface area contributed by atoms with Gasteiger partial charge in [0.1, 0.15) is 0 Å². The summed E-state index contributed by atoms with van der Waals surface area (Å²) >= 11 is 0. The molecule has 3 nitrogen and oxygen atoms in total. The Morgan fingerprint density at radius 3 is 2.71 bits per heavy atom. The molecule has 0 aliphatic carbocycles. The molecule has 1 fully saturated rings. The van der Waals surface area contributed by atoms with Crippen molar-refractivity contribution in [3.63, 3.8) is 0 Å². The first-order chi connectivity index (χ1) is 8.10. The minimum absolute atomic E-state index is 0.611. The second-order valence-electron chi connectivity index (χ2n) is 5.59. The van der Waals surface area contributed by atoms with Crippen molar-refractivity contribution in [3.8, 4) is 0 Å². The molecule has 4 atom stereocenters. The molecule has 0 aromatic carbocycles. The maximum Gasteiger partial charge on any atom is 0.0477 e. The third kappa shape index (κ3) is 4.23. The molecule has 4 unspecified atom stereocenters. The zero-order valence-corrected chi connectivity index (χ0v) is 12.2. The zero-order chi connectivity index (χ0) is 12.8. The van der Waals surface area contributed by atoms with E-state index in [4.69, 9.17) is 4.74 Å². The molecule has 3 heteroatoms. The van der Waals surface area contributed by atoms with Crippen molar-refractivity contribution in [1.29, 1.82) is 0 Å². The average molecular weight is 242 g/mol. The van der Waals surface area contributed by atoms with Crippen LogP contribution in [-0.4, -0.2) is 49.8 Å². The molecule has 0 aromatic rings. The molecule has 0 bridgehead atoms. The Balaban J connectivity index is 2.60. The van der Waals surface area contributed by atoms with E-state index < -0.39 is 0 Å². The van der Waals surface area contributed by atoms with Gasteiger partial charge in [-0.2, -0.15) is 0 Å². The predicted molar refractivity (Wildman–Crippen MR) is 73.4 cm³/mol. The number of rotatable bonds is 6. The van der Waals surface area contributed by atoms with E-state index in [1.165, 1.54) is 13.0 Å². The Morgan fingerprint density at radius 2 is 2.12 bits per heavy atom. The molecule has 1 saturated heterocycles. The lowest BCUT2D eigenvalue weighted by molar-refractivity contribution is 0.0449. The minimum Gasteiger partial charge on any atom is -0.385 e. The molecular weight excluding hydrogens is 212 g/mol. The third-order valence-electron chi connectivity index (χ3n) is 4.19. The van der Waals surface area contributed by atoms with Crippen molar-refractivity contribution in [2.75, 3.05) is 26.8 Å². The molecule has 0 aromatic heterocycles. The number of methoxy groups -OCH3 is 1. The SMILES string of the molecule is CCC(C)C1CNC(C)CN1C(C)CCOC. The number of hydrogen-bond donors (Lipinski definition) is 1. The van der Waals surface area contributed by atoms with E-state index in [9.17, 15) is 0 Å². The van der Waals surface area contributed by atoms with E-state index in [1.807, 2.05) is 0 Å². The van der Waals surface area contributed by atoms with Crippen LogP contribution in [0.1, 0.15) is 40.5 Å². The number of piperazine rings is 1. The summed E-state index contributed by atoms with van der Waals surface area (Å²) in [4.78, 5) is 2.69. The first-order valence-electron chi connectivity index (χ1n) is 7.08. The van der Waals surface area contributed by atoms with Gasteiger partial charge in [-0.3, -0.25) is 4.90 Å². The van der Waals surface area contributed by atoms with Gasteiger partial charge in [-0.05, 0) is 26.2 Å². The Bertz CT molecular complexity index is 210. The summed E-state index contributed by atoms with van der Waals surface area (Å²) in [5.41, 5.74) is 0. The summed E-state index contributed by atoms with van der Waals surface area (Å²) < 4.78 is 5.21. The van der Waals surface area contributed by atoms with E-state index in [-0.39, 0.29) is 0 Å². The van der Waals surface area contributed by atoms with Crippen LogP contribution in [0.5, 0.6) is 0 Å². The van der Waals surface area contributed by atoms with E-state index in [0.29, 0.717) is 18.1 Å². The van der Waals surface area contributed by atoms with E-state index in [0.717, 1.165) is 25.5 Å². The first kappa shape index (κ1) is 14.9. The van der Waals surface area contributed by atoms with Gasteiger partial charge in [0, 0.05) is 44.9 Å². The maximum atomic E-state index is 5.21. The zero-order valence-electron chi connectivity index (χ0n) is 12.2. The summed E-state index contributed by atoms with van der Waals surface area (Å²) in [5.74, 6) is 0.764. The van der Waals surface area contributed by atoms with Gasteiger partial charge < -0.3 is 10.1 Å². The Kier molecular flexibility index (Phi) is 6.45. The summed E-state index contributed by atoms with van der Waals surface area (Å²) in [5, 5.41) is 3.62. The monoisotopic (exact) mass is 242 g/mol. The summed E-state index contributed by atoms with van der Waals surface area (Å²) in [6, 6.07) is 1.92. The number of nitrogens with zero attached hydrogens (tertiary/aromatic N) is 1. The Labute approximate surface area is 107 Å². The van der Waals surface area contributed by atoms with Gasteiger partial charge in [-0.25, -0.2) is 0 Å². The van der Waals surface area contributed by atoms with Crippen LogP contribution in [0.15, 0.2) is 0 Å². The highest BCUT2D eigenvalue weighted by atomic mass is 16.5. The van der Waals surface area contributed by atoms with Crippen LogP contribution < -0.4 is 5.32 Å². The van der Waals surface area contributed by atoms with Gasteiger partial charge >= 0.3 is 0 Å².